The molecule has 1 nitrogen and oxygen atoms in total. The predicted molar refractivity (Wildman–Crippen MR) is 41.5 cm³/mol. The topological polar surface area (TPSA) is 20.2 Å². The van der Waals surface area contributed by atoms with Gasteiger partial charge in [-0.2, -0.15) is 0 Å². The first-order chi connectivity index (χ1) is 4.18. The van der Waals surface area contributed by atoms with Crippen molar-refractivity contribution in [3.05, 3.63) is 0 Å². The lowest BCUT2D eigenvalue weighted by molar-refractivity contribution is 0.177. The number of halogens is 3. The van der Waals surface area contributed by atoms with Crippen molar-refractivity contribution in [3.8, 4) is 0 Å². The Labute approximate surface area is 69.9 Å². The van der Waals surface area contributed by atoms with Crippen molar-refractivity contribution >= 4 is 34.8 Å². The first kappa shape index (κ1) is 9.83. The van der Waals surface area contributed by atoms with Crippen molar-refractivity contribution < 1.29 is 5.11 Å². The normalized spacial score (nSPS) is 14.3. The minimum absolute atomic E-state index is 0.539. The molecule has 1 unspecified atom stereocenters. The molecule has 1 atom stereocenters. The largest absolute Gasteiger partial charge is 0.390 e. The van der Waals surface area contributed by atoms with Gasteiger partial charge in [-0.05, 0) is 12.8 Å². The summed E-state index contributed by atoms with van der Waals surface area (Å²) < 4.78 is 0. The molecule has 0 spiro atoms. The number of hydrogen-bond donors (Lipinski definition) is 1. The average molecular weight is 191 g/mol. The van der Waals surface area contributed by atoms with Gasteiger partial charge in [-0.15, -0.1) is 34.8 Å². The Morgan fingerprint density at radius 1 is 1.33 bits per heavy atom. The lowest BCUT2D eigenvalue weighted by atomic mass is 10.2. The maximum atomic E-state index is 8.94. The highest BCUT2D eigenvalue weighted by Crippen LogP contribution is 2.12. The molecule has 56 valence electrons. The Bertz CT molecular complexity index is 67.2. The third-order valence-electron chi connectivity index (χ3n) is 0.924. The van der Waals surface area contributed by atoms with Crippen LogP contribution in [0.3, 0.4) is 0 Å². The smallest absolute Gasteiger partial charge is 0.133 e. The molecule has 0 bridgehead atoms. The summed E-state index contributed by atoms with van der Waals surface area (Å²) in [4.78, 5) is -0.687. The molecule has 0 aliphatic heterocycles. The van der Waals surface area contributed by atoms with Gasteiger partial charge in [0, 0.05) is 5.88 Å². The van der Waals surface area contributed by atoms with E-state index in [2.05, 4.69) is 0 Å². The van der Waals surface area contributed by atoms with Crippen molar-refractivity contribution in [1.29, 1.82) is 0 Å². The van der Waals surface area contributed by atoms with E-state index in [4.69, 9.17) is 39.9 Å². The third-order valence-corrected chi connectivity index (χ3v) is 1.77. The van der Waals surface area contributed by atoms with Crippen LogP contribution < -0.4 is 0 Å². The molecule has 0 saturated heterocycles. The number of aliphatic hydroxyl groups excluding tert-OH is 1. The van der Waals surface area contributed by atoms with Crippen LogP contribution in [-0.4, -0.2) is 21.9 Å². The lowest BCUT2D eigenvalue weighted by Gasteiger charge is -2.08. The summed E-state index contributed by atoms with van der Waals surface area (Å²) in [5.74, 6) is 0.539. The molecule has 0 rings (SSSR count). The van der Waals surface area contributed by atoms with E-state index in [9.17, 15) is 0 Å². The van der Waals surface area contributed by atoms with Gasteiger partial charge in [0.05, 0.1) is 6.10 Å². The van der Waals surface area contributed by atoms with Crippen LogP contribution in [0.5, 0.6) is 0 Å². The number of alkyl halides is 3. The van der Waals surface area contributed by atoms with Gasteiger partial charge in [-0.3, -0.25) is 0 Å². The van der Waals surface area contributed by atoms with E-state index >= 15 is 0 Å². The standard InChI is InChI=1S/C5H9Cl3O/c6-3-1-2-4(9)5(7)8/h4-5,9H,1-3H2. The molecule has 0 aliphatic carbocycles. The molecule has 0 aromatic carbocycles. The Hall–Kier alpha value is 0.830. The zero-order valence-electron chi connectivity index (χ0n) is 4.86. The molecule has 4 heteroatoms. The highest BCUT2D eigenvalue weighted by molar-refractivity contribution is 6.44. The molecule has 1 N–H and O–H groups in total. The van der Waals surface area contributed by atoms with E-state index < -0.39 is 10.9 Å². The van der Waals surface area contributed by atoms with Crippen LogP contribution in [0.2, 0.25) is 0 Å². The molecular weight excluding hydrogens is 182 g/mol. The third kappa shape index (κ3) is 5.28. The Morgan fingerprint density at radius 3 is 2.22 bits per heavy atom. The highest BCUT2D eigenvalue weighted by atomic mass is 35.5. The van der Waals surface area contributed by atoms with E-state index in [-0.39, 0.29) is 0 Å². The van der Waals surface area contributed by atoms with Crippen LogP contribution in [-0.2, 0) is 0 Å². The van der Waals surface area contributed by atoms with Gasteiger partial charge in [0.25, 0.3) is 0 Å². The molecule has 0 saturated carbocycles. The molecule has 0 fully saturated rings. The second kappa shape index (κ2) is 5.60. The molecule has 9 heavy (non-hydrogen) atoms. The van der Waals surface area contributed by atoms with Gasteiger partial charge in [0.2, 0.25) is 0 Å². The summed E-state index contributed by atoms with van der Waals surface area (Å²) in [6, 6.07) is 0. The summed E-state index contributed by atoms with van der Waals surface area (Å²) >= 11 is 16.0. The van der Waals surface area contributed by atoms with Crippen LogP contribution >= 0.6 is 34.8 Å². The van der Waals surface area contributed by atoms with Crippen LogP contribution in [0.1, 0.15) is 12.8 Å². The van der Waals surface area contributed by atoms with Crippen LogP contribution in [0, 0.1) is 0 Å². The van der Waals surface area contributed by atoms with Crippen LogP contribution in [0.4, 0.5) is 0 Å². The van der Waals surface area contributed by atoms with E-state index in [1.165, 1.54) is 0 Å². The first-order valence-electron chi connectivity index (χ1n) is 2.70. The minimum Gasteiger partial charge on any atom is -0.390 e. The van der Waals surface area contributed by atoms with Crippen molar-refractivity contribution in [2.24, 2.45) is 0 Å². The molecule has 0 amide bonds. The predicted octanol–water partition coefficient (Wildman–Crippen LogP) is 2.17. The van der Waals surface area contributed by atoms with Gasteiger partial charge in [-0.25, -0.2) is 0 Å². The zero-order chi connectivity index (χ0) is 7.28. The van der Waals surface area contributed by atoms with Crippen LogP contribution in [0.15, 0.2) is 0 Å². The number of hydrogen-bond acceptors (Lipinski definition) is 1. The van der Waals surface area contributed by atoms with Gasteiger partial charge in [0.1, 0.15) is 4.84 Å². The molecule has 0 radical (unpaired) electrons. The van der Waals surface area contributed by atoms with E-state index in [0.717, 1.165) is 6.42 Å². The van der Waals surface area contributed by atoms with Gasteiger partial charge >= 0.3 is 0 Å². The summed E-state index contributed by atoms with van der Waals surface area (Å²) in [5, 5.41) is 8.94. The molecule has 0 aromatic rings. The van der Waals surface area contributed by atoms with E-state index in [1.54, 1.807) is 0 Å². The fourth-order valence-corrected chi connectivity index (χ4v) is 0.819. The Morgan fingerprint density at radius 2 is 1.89 bits per heavy atom. The Balaban J connectivity index is 3.16. The second-order valence-electron chi connectivity index (χ2n) is 1.73. The van der Waals surface area contributed by atoms with Crippen molar-refractivity contribution in [2.75, 3.05) is 5.88 Å². The summed E-state index contributed by atoms with van der Waals surface area (Å²) in [7, 11) is 0. The van der Waals surface area contributed by atoms with Gasteiger partial charge in [-0.1, -0.05) is 0 Å². The maximum absolute atomic E-state index is 8.94. The number of rotatable bonds is 4. The lowest BCUT2D eigenvalue weighted by Crippen LogP contribution is -2.14. The maximum Gasteiger partial charge on any atom is 0.133 e. The molecule has 0 aromatic heterocycles. The first-order valence-corrected chi connectivity index (χ1v) is 4.11. The minimum atomic E-state index is -0.687. The van der Waals surface area contributed by atoms with Gasteiger partial charge < -0.3 is 5.11 Å². The second-order valence-corrected chi connectivity index (χ2v) is 3.27. The fraction of sp³-hybridized carbons (Fsp3) is 1.00. The van der Waals surface area contributed by atoms with Crippen LogP contribution in [0.25, 0.3) is 0 Å². The molecule has 0 aliphatic rings. The molecule has 0 heterocycles. The average Bonchev–Trinajstić information content (AvgIpc) is 1.82. The quantitative estimate of drug-likeness (QED) is 0.675. The SMILES string of the molecule is OC(CCCCl)C(Cl)Cl. The molecular formula is C5H9Cl3O. The number of aliphatic hydroxyl groups is 1. The van der Waals surface area contributed by atoms with Crippen molar-refractivity contribution in [1.82, 2.24) is 0 Å². The van der Waals surface area contributed by atoms with E-state index in [0.29, 0.717) is 12.3 Å². The van der Waals surface area contributed by atoms with Crippen molar-refractivity contribution in [3.63, 3.8) is 0 Å². The summed E-state index contributed by atoms with van der Waals surface area (Å²) in [6.45, 7) is 0. The fourth-order valence-electron chi connectivity index (χ4n) is 0.412. The summed E-state index contributed by atoms with van der Waals surface area (Å²) in [6.07, 6.45) is 0.687. The summed E-state index contributed by atoms with van der Waals surface area (Å²) in [5.41, 5.74) is 0. The Kier molecular flexibility index (Phi) is 6.12. The zero-order valence-corrected chi connectivity index (χ0v) is 7.12. The van der Waals surface area contributed by atoms with Gasteiger partial charge in [0.15, 0.2) is 0 Å². The monoisotopic (exact) mass is 190 g/mol. The highest BCUT2D eigenvalue weighted by Gasteiger charge is 2.11. The van der Waals surface area contributed by atoms with E-state index in [1.807, 2.05) is 0 Å². The van der Waals surface area contributed by atoms with Crippen molar-refractivity contribution in [2.45, 2.75) is 23.8 Å².